The lowest BCUT2D eigenvalue weighted by molar-refractivity contribution is 0.886. The number of hydrogen-bond acceptors (Lipinski definition) is 1. The van der Waals surface area contributed by atoms with Crippen molar-refractivity contribution in [2.75, 3.05) is 0 Å². The normalized spacial score (nSPS) is 9.53. The van der Waals surface area contributed by atoms with Crippen LogP contribution in [-0.2, 0) is 0 Å². The monoisotopic (exact) mass is 201 g/mol. The van der Waals surface area contributed by atoms with E-state index in [1.54, 1.807) is 0 Å². The molecule has 0 unspecified atom stereocenters. The summed E-state index contributed by atoms with van der Waals surface area (Å²) in [6.07, 6.45) is 6.42. The molecule has 0 aliphatic heterocycles. The van der Waals surface area contributed by atoms with Gasteiger partial charge in [0.25, 0.3) is 0 Å². The average Bonchev–Trinajstić information content (AvgIpc) is 2.30. The van der Waals surface area contributed by atoms with Crippen LogP contribution in [0.5, 0.6) is 0 Å². The van der Waals surface area contributed by atoms with Gasteiger partial charge in [0.1, 0.15) is 0 Å². The zero-order valence-corrected chi connectivity index (χ0v) is 9.83. The molecule has 0 fully saturated rings. The molecule has 0 amide bonds. The zero-order chi connectivity index (χ0) is 11.1. The van der Waals surface area contributed by atoms with Crippen LogP contribution < -0.4 is 0 Å². The van der Waals surface area contributed by atoms with Gasteiger partial charge >= 0.3 is 0 Å². The summed E-state index contributed by atoms with van der Waals surface area (Å²) >= 11 is 0. The maximum absolute atomic E-state index is 4.11. The average molecular weight is 201 g/mol. The molecule has 0 atom stereocenters. The van der Waals surface area contributed by atoms with Crippen molar-refractivity contribution in [2.45, 2.75) is 33.6 Å². The van der Waals surface area contributed by atoms with E-state index in [0.29, 0.717) is 0 Å². The zero-order valence-electron chi connectivity index (χ0n) is 9.83. The van der Waals surface area contributed by atoms with Gasteiger partial charge in [0.2, 0.25) is 0 Å². The van der Waals surface area contributed by atoms with Crippen molar-refractivity contribution in [3.63, 3.8) is 0 Å². The highest BCUT2D eigenvalue weighted by Crippen LogP contribution is 2.14. The van der Waals surface area contributed by atoms with E-state index in [2.05, 4.69) is 44.0 Å². The Hall–Kier alpha value is -1.37. The van der Waals surface area contributed by atoms with Gasteiger partial charge in [0.15, 0.2) is 0 Å². The second kappa shape index (κ2) is 6.18. The van der Waals surface area contributed by atoms with Crippen molar-refractivity contribution in [1.29, 1.82) is 0 Å². The summed E-state index contributed by atoms with van der Waals surface area (Å²) in [6, 6.07) is 8.28. The Balaban J connectivity index is 0.000000245. The fourth-order valence-electron chi connectivity index (χ4n) is 1.27. The first-order valence-corrected chi connectivity index (χ1v) is 5.59. The summed E-state index contributed by atoms with van der Waals surface area (Å²) < 4.78 is 0. The molecular formula is C14H19N. The van der Waals surface area contributed by atoms with Gasteiger partial charge in [0, 0.05) is 17.8 Å². The van der Waals surface area contributed by atoms with Crippen LogP contribution in [0, 0.1) is 6.92 Å². The smallest absolute Gasteiger partial charge is 0.0346 e. The van der Waals surface area contributed by atoms with Crippen LogP contribution in [0.15, 0.2) is 36.7 Å². The minimum absolute atomic E-state index is 1.22. The molecule has 0 N–H and O–H groups in total. The lowest BCUT2D eigenvalue weighted by atomic mass is 10.1. The van der Waals surface area contributed by atoms with Crippen LogP contribution in [0.2, 0.25) is 0 Å². The Morgan fingerprint density at radius 3 is 2.27 bits per heavy atom. The van der Waals surface area contributed by atoms with Crippen LogP contribution in [0.3, 0.4) is 0 Å². The summed E-state index contributed by atoms with van der Waals surface area (Å²) in [5, 5.41) is 2.51. The molecule has 80 valence electrons. The van der Waals surface area contributed by atoms with Crippen molar-refractivity contribution >= 4 is 10.8 Å². The van der Waals surface area contributed by atoms with Gasteiger partial charge in [0.05, 0.1) is 0 Å². The van der Waals surface area contributed by atoms with E-state index in [1.807, 2.05) is 18.5 Å². The predicted molar refractivity (Wildman–Crippen MR) is 67.1 cm³/mol. The molecule has 0 radical (unpaired) electrons. The Labute approximate surface area is 92.2 Å². The van der Waals surface area contributed by atoms with Crippen LogP contribution in [0.1, 0.15) is 32.3 Å². The highest BCUT2D eigenvalue weighted by molar-refractivity contribution is 5.84. The maximum Gasteiger partial charge on any atom is 0.0346 e. The molecule has 0 bridgehead atoms. The van der Waals surface area contributed by atoms with Gasteiger partial charge in [-0.1, -0.05) is 51.0 Å². The third-order valence-corrected chi connectivity index (χ3v) is 2.37. The summed E-state index contributed by atoms with van der Waals surface area (Å²) in [4.78, 5) is 4.11. The Kier molecular flexibility index (Phi) is 4.82. The quantitative estimate of drug-likeness (QED) is 0.668. The van der Waals surface area contributed by atoms with Crippen molar-refractivity contribution in [3.8, 4) is 0 Å². The molecule has 0 saturated heterocycles. The number of fused-ring (bicyclic) bond motifs is 1. The van der Waals surface area contributed by atoms with Gasteiger partial charge in [-0.15, -0.1) is 0 Å². The summed E-state index contributed by atoms with van der Waals surface area (Å²) in [5.41, 5.74) is 1.24. The number of nitrogens with zero attached hydrogens (tertiary/aromatic N) is 1. The number of aryl methyl sites for hydroxylation is 1. The standard InChI is InChI=1S/C10H9N.C4H10/c1-8-6-11-7-9-4-2-3-5-10(8)9;1-3-4-2/h2-7H,1H3;3-4H2,1-2H3. The molecule has 1 heteroatoms. The number of unbranched alkanes of at least 4 members (excludes halogenated alkanes) is 1. The fraction of sp³-hybridized carbons (Fsp3) is 0.357. The second-order valence-electron chi connectivity index (χ2n) is 3.68. The lowest BCUT2D eigenvalue weighted by Gasteiger charge is -1.98. The SMILES string of the molecule is CCCC.Cc1cncc2ccccc12. The molecule has 15 heavy (non-hydrogen) atoms. The van der Waals surface area contributed by atoms with Crippen LogP contribution >= 0.6 is 0 Å². The Morgan fingerprint density at radius 2 is 1.67 bits per heavy atom. The molecule has 0 aliphatic rings. The number of benzene rings is 1. The summed E-state index contributed by atoms with van der Waals surface area (Å²) in [5.74, 6) is 0. The maximum atomic E-state index is 4.11. The van der Waals surface area contributed by atoms with Crippen LogP contribution in [-0.4, -0.2) is 4.98 Å². The van der Waals surface area contributed by atoms with Crippen molar-refractivity contribution in [3.05, 3.63) is 42.2 Å². The van der Waals surface area contributed by atoms with Crippen LogP contribution in [0.4, 0.5) is 0 Å². The Morgan fingerprint density at radius 1 is 1.00 bits per heavy atom. The van der Waals surface area contributed by atoms with E-state index >= 15 is 0 Å². The third kappa shape index (κ3) is 3.35. The summed E-state index contributed by atoms with van der Waals surface area (Å²) in [7, 11) is 0. The number of pyridine rings is 1. The molecule has 1 nitrogen and oxygen atoms in total. The number of hydrogen-bond donors (Lipinski definition) is 0. The van der Waals surface area contributed by atoms with E-state index in [1.165, 1.54) is 29.2 Å². The van der Waals surface area contributed by atoms with Crippen molar-refractivity contribution in [2.24, 2.45) is 0 Å². The first-order valence-electron chi connectivity index (χ1n) is 5.59. The van der Waals surface area contributed by atoms with E-state index in [9.17, 15) is 0 Å². The van der Waals surface area contributed by atoms with E-state index < -0.39 is 0 Å². The van der Waals surface area contributed by atoms with Gasteiger partial charge in [-0.05, 0) is 17.9 Å². The molecule has 1 heterocycles. The number of rotatable bonds is 1. The molecular weight excluding hydrogens is 182 g/mol. The first-order chi connectivity index (χ1) is 7.29. The molecule has 2 aromatic rings. The molecule has 0 spiro atoms. The topological polar surface area (TPSA) is 12.9 Å². The fourth-order valence-corrected chi connectivity index (χ4v) is 1.27. The molecule has 1 aromatic carbocycles. The molecule has 1 aromatic heterocycles. The first kappa shape index (κ1) is 11.7. The van der Waals surface area contributed by atoms with Gasteiger partial charge in [-0.2, -0.15) is 0 Å². The molecule has 2 rings (SSSR count). The van der Waals surface area contributed by atoms with E-state index in [0.717, 1.165) is 0 Å². The van der Waals surface area contributed by atoms with Crippen molar-refractivity contribution in [1.82, 2.24) is 4.98 Å². The molecule has 0 aliphatic carbocycles. The minimum Gasteiger partial charge on any atom is -0.264 e. The predicted octanol–water partition coefficient (Wildman–Crippen LogP) is 4.35. The number of aromatic nitrogens is 1. The van der Waals surface area contributed by atoms with E-state index in [-0.39, 0.29) is 0 Å². The van der Waals surface area contributed by atoms with Crippen LogP contribution in [0.25, 0.3) is 10.8 Å². The Bertz CT molecular complexity index is 400. The van der Waals surface area contributed by atoms with Gasteiger partial charge in [-0.25, -0.2) is 0 Å². The van der Waals surface area contributed by atoms with Crippen molar-refractivity contribution < 1.29 is 0 Å². The summed E-state index contributed by atoms with van der Waals surface area (Å²) in [6.45, 7) is 6.44. The highest BCUT2D eigenvalue weighted by atomic mass is 14.6. The highest BCUT2D eigenvalue weighted by Gasteiger charge is 1.93. The van der Waals surface area contributed by atoms with Gasteiger partial charge < -0.3 is 0 Å². The molecule has 0 saturated carbocycles. The second-order valence-corrected chi connectivity index (χ2v) is 3.68. The van der Waals surface area contributed by atoms with E-state index in [4.69, 9.17) is 0 Å². The largest absolute Gasteiger partial charge is 0.264 e. The lowest BCUT2D eigenvalue weighted by Crippen LogP contribution is -1.79. The minimum atomic E-state index is 1.22. The third-order valence-electron chi connectivity index (χ3n) is 2.37. The van der Waals surface area contributed by atoms with Gasteiger partial charge in [-0.3, -0.25) is 4.98 Å².